The van der Waals surface area contributed by atoms with Crippen molar-refractivity contribution >= 4 is 22.8 Å². The van der Waals surface area contributed by atoms with Crippen molar-refractivity contribution in [1.82, 2.24) is 9.55 Å². The van der Waals surface area contributed by atoms with Crippen LogP contribution < -0.4 is 4.90 Å². The van der Waals surface area contributed by atoms with E-state index < -0.39 is 6.09 Å². The summed E-state index contributed by atoms with van der Waals surface area (Å²) in [6.45, 7) is 2.16. The van der Waals surface area contributed by atoms with Crippen LogP contribution in [0.25, 0.3) is 11.0 Å². The number of fused-ring (bicyclic) bond motifs is 1. The van der Waals surface area contributed by atoms with Crippen molar-refractivity contribution in [2.24, 2.45) is 0 Å². The van der Waals surface area contributed by atoms with Crippen molar-refractivity contribution in [3.63, 3.8) is 0 Å². The van der Waals surface area contributed by atoms with Gasteiger partial charge in [0, 0.05) is 41.9 Å². The average Bonchev–Trinajstić information content (AvgIpc) is 3.18. The largest absolute Gasteiger partial charge is 0.464 e. The Kier molecular flexibility index (Phi) is 5.83. The van der Waals surface area contributed by atoms with E-state index in [1.807, 2.05) is 36.2 Å². The minimum atomic E-state index is -1.11. The summed E-state index contributed by atoms with van der Waals surface area (Å²) in [4.78, 5) is 17.8. The molecule has 2 aromatic heterocycles. The third-order valence-electron chi connectivity index (χ3n) is 5.85. The van der Waals surface area contributed by atoms with Crippen LogP contribution in [-0.2, 0) is 5.41 Å². The molecular formula is C26H24FN3O2. The van der Waals surface area contributed by atoms with Gasteiger partial charge in [0.15, 0.2) is 5.65 Å². The Hall–Kier alpha value is -3.85. The first-order valence-electron chi connectivity index (χ1n) is 10.4. The molecule has 32 heavy (non-hydrogen) atoms. The molecule has 0 saturated carbocycles. The van der Waals surface area contributed by atoms with Gasteiger partial charge in [-0.1, -0.05) is 37.1 Å². The number of carbonyl (C=O) groups is 1. The van der Waals surface area contributed by atoms with Gasteiger partial charge in [-0.05, 0) is 54.3 Å². The van der Waals surface area contributed by atoms with Crippen molar-refractivity contribution in [2.45, 2.75) is 18.8 Å². The molecule has 0 bridgehead atoms. The highest BCUT2D eigenvalue weighted by Crippen LogP contribution is 2.34. The van der Waals surface area contributed by atoms with E-state index in [-0.39, 0.29) is 12.1 Å². The summed E-state index contributed by atoms with van der Waals surface area (Å²) in [6, 6.07) is 13.5. The Balaban J connectivity index is 1.54. The predicted octanol–water partition coefficient (Wildman–Crippen LogP) is 5.16. The molecular weight excluding hydrogens is 405 g/mol. The lowest BCUT2D eigenvalue weighted by atomic mass is 9.76. The molecule has 1 aromatic carbocycles. The van der Waals surface area contributed by atoms with E-state index in [9.17, 15) is 14.3 Å². The summed E-state index contributed by atoms with van der Waals surface area (Å²) in [6.07, 6.45) is 7.41. The Labute approximate surface area is 186 Å². The zero-order valence-corrected chi connectivity index (χ0v) is 18.0. The van der Waals surface area contributed by atoms with Crippen molar-refractivity contribution in [1.29, 1.82) is 0 Å². The van der Waals surface area contributed by atoms with Gasteiger partial charge in [0.25, 0.3) is 0 Å². The fraction of sp³-hybridized carbons (Fsp3) is 0.231. The van der Waals surface area contributed by atoms with E-state index in [4.69, 9.17) is 0 Å². The summed E-state index contributed by atoms with van der Waals surface area (Å²) in [5, 5.41) is 10.3. The molecule has 1 aliphatic carbocycles. The molecule has 0 radical (unpaired) electrons. The Morgan fingerprint density at radius 3 is 2.72 bits per heavy atom. The lowest BCUT2D eigenvalue weighted by molar-refractivity contribution is 0.197. The van der Waals surface area contributed by atoms with Crippen LogP contribution in [0.5, 0.6) is 0 Å². The highest BCUT2D eigenvalue weighted by Gasteiger charge is 2.25. The van der Waals surface area contributed by atoms with Gasteiger partial charge < -0.3 is 10.0 Å². The Bertz CT molecular complexity index is 1280. The lowest BCUT2D eigenvalue weighted by Gasteiger charge is -2.28. The molecule has 1 unspecified atom stereocenters. The highest BCUT2D eigenvalue weighted by atomic mass is 19.1. The molecule has 1 N–H and O–H groups in total. The minimum absolute atomic E-state index is 0.164. The van der Waals surface area contributed by atoms with Crippen LogP contribution in [0.1, 0.15) is 24.6 Å². The number of anilines is 1. The number of carboxylic acid groups (broad SMARTS) is 1. The van der Waals surface area contributed by atoms with Gasteiger partial charge in [-0.15, -0.1) is 0 Å². The molecule has 0 spiro atoms. The van der Waals surface area contributed by atoms with Gasteiger partial charge in [0.05, 0.1) is 0 Å². The number of allylic oxidation sites excluding steroid dienone is 4. The number of hydrogen-bond donors (Lipinski definition) is 1. The number of hydrogen-bond acceptors (Lipinski definition) is 3. The van der Waals surface area contributed by atoms with Crippen LogP contribution in [0.4, 0.5) is 14.9 Å². The van der Waals surface area contributed by atoms with E-state index in [0.29, 0.717) is 17.9 Å². The number of aromatic nitrogens is 2. The van der Waals surface area contributed by atoms with Gasteiger partial charge in [0.1, 0.15) is 12.4 Å². The SMILES string of the molecule is CN(CCF)c1ccc(C2(C)C=CC(C#Cc3cc4cccnc4n3C(=O)O)=CC2)cc1. The van der Waals surface area contributed by atoms with Gasteiger partial charge >= 0.3 is 6.09 Å². The minimum Gasteiger partial charge on any atom is -0.464 e. The second-order valence-corrected chi connectivity index (χ2v) is 8.09. The third kappa shape index (κ3) is 4.15. The predicted molar refractivity (Wildman–Crippen MR) is 125 cm³/mol. The molecule has 0 saturated heterocycles. The van der Waals surface area contributed by atoms with E-state index in [0.717, 1.165) is 27.6 Å². The molecule has 1 atom stereocenters. The fourth-order valence-corrected chi connectivity index (χ4v) is 3.85. The number of rotatable bonds is 4. The third-order valence-corrected chi connectivity index (χ3v) is 5.85. The first-order valence-corrected chi connectivity index (χ1v) is 10.4. The smallest absolute Gasteiger partial charge is 0.418 e. The maximum absolute atomic E-state index is 12.6. The number of alkyl halides is 1. The van der Waals surface area contributed by atoms with Gasteiger partial charge in [-0.25, -0.2) is 18.7 Å². The van der Waals surface area contributed by atoms with Gasteiger partial charge in [-0.2, -0.15) is 0 Å². The normalized spacial score (nSPS) is 17.5. The number of pyridine rings is 1. The number of halogens is 1. The summed E-state index contributed by atoms with van der Waals surface area (Å²) >= 11 is 0. The summed E-state index contributed by atoms with van der Waals surface area (Å²) in [5.74, 6) is 6.08. The molecule has 4 rings (SSSR count). The Morgan fingerprint density at radius 2 is 2.06 bits per heavy atom. The second kappa shape index (κ2) is 8.72. The summed E-state index contributed by atoms with van der Waals surface area (Å²) in [7, 11) is 1.88. The standard InChI is InChI=1S/C26H24FN3O2/c1-26(21-6-9-22(10-7-21)29(2)17-15-27)13-11-19(12-14-26)5-8-23-18-20-4-3-16-28-24(20)30(23)25(31)32/h3-4,6-7,9-13,16,18H,14-15,17H2,1-2H3,(H,31,32). The van der Waals surface area contributed by atoms with Crippen molar-refractivity contribution in [3.8, 4) is 11.8 Å². The van der Waals surface area contributed by atoms with Crippen molar-refractivity contribution < 1.29 is 14.3 Å². The van der Waals surface area contributed by atoms with Crippen molar-refractivity contribution in [3.05, 3.63) is 83.7 Å². The van der Waals surface area contributed by atoms with E-state index >= 15 is 0 Å². The lowest BCUT2D eigenvalue weighted by Crippen LogP contribution is -2.22. The monoisotopic (exact) mass is 429 g/mol. The zero-order valence-electron chi connectivity index (χ0n) is 18.0. The van der Waals surface area contributed by atoms with Crippen LogP contribution in [0.3, 0.4) is 0 Å². The number of benzene rings is 1. The number of nitrogens with zero attached hydrogens (tertiary/aromatic N) is 3. The van der Waals surface area contributed by atoms with Crippen LogP contribution in [0, 0.1) is 11.8 Å². The fourth-order valence-electron chi connectivity index (χ4n) is 3.85. The zero-order chi connectivity index (χ0) is 22.7. The van der Waals surface area contributed by atoms with Crippen LogP contribution >= 0.6 is 0 Å². The maximum Gasteiger partial charge on any atom is 0.418 e. The molecule has 5 nitrogen and oxygen atoms in total. The van der Waals surface area contributed by atoms with Gasteiger partial charge in [-0.3, -0.25) is 0 Å². The van der Waals surface area contributed by atoms with Crippen molar-refractivity contribution in [2.75, 3.05) is 25.2 Å². The molecule has 0 amide bonds. The Morgan fingerprint density at radius 1 is 1.28 bits per heavy atom. The molecule has 0 aliphatic heterocycles. The molecule has 2 heterocycles. The first-order chi connectivity index (χ1) is 15.4. The van der Waals surface area contributed by atoms with Crippen LogP contribution in [0.15, 0.2) is 72.5 Å². The van der Waals surface area contributed by atoms with Gasteiger partial charge in [0.2, 0.25) is 0 Å². The van der Waals surface area contributed by atoms with Crippen LogP contribution in [0.2, 0.25) is 0 Å². The quantitative estimate of drug-likeness (QED) is 0.582. The molecule has 6 heteroatoms. The van der Waals surface area contributed by atoms with E-state index in [1.165, 1.54) is 5.56 Å². The summed E-state index contributed by atoms with van der Waals surface area (Å²) < 4.78 is 13.7. The maximum atomic E-state index is 12.6. The molecule has 0 fully saturated rings. The first kappa shape index (κ1) is 21.4. The highest BCUT2D eigenvalue weighted by molar-refractivity contribution is 5.88. The van der Waals surface area contributed by atoms with Crippen LogP contribution in [-0.4, -0.2) is 41.0 Å². The average molecular weight is 429 g/mol. The molecule has 162 valence electrons. The summed E-state index contributed by atoms with van der Waals surface area (Å²) in [5.41, 5.74) is 3.61. The molecule has 3 aromatic rings. The van der Waals surface area contributed by atoms with E-state index in [1.54, 1.807) is 18.3 Å². The topological polar surface area (TPSA) is 58.4 Å². The second-order valence-electron chi connectivity index (χ2n) is 8.09. The molecule has 1 aliphatic rings. The van der Waals surface area contributed by atoms with E-state index in [2.05, 4.69) is 48.0 Å².